The number of hydrogen-bond donors (Lipinski definition) is 2. The number of nitrogens with zero attached hydrogens (tertiary/aromatic N) is 1. The van der Waals surface area contributed by atoms with Crippen LogP contribution in [0.3, 0.4) is 0 Å². The van der Waals surface area contributed by atoms with Crippen LogP contribution in [0.4, 0.5) is 0 Å². The number of rotatable bonds is 15. The van der Waals surface area contributed by atoms with E-state index in [-0.39, 0.29) is 12.1 Å². The molecule has 0 saturated carbocycles. The van der Waals surface area contributed by atoms with Gasteiger partial charge in [0.05, 0.1) is 25.9 Å². The van der Waals surface area contributed by atoms with Crippen LogP contribution in [0, 0.1) is 11.8 Å². The van der Waals surface area contributed by atoms with E-state index in [1.807, 2.05) is 6.07 Å². The third-order valence-corrected chi connectivity index (χ3v) is 6.50. The van der Waals surface area contributed by atoms with Crippen molar-refractivity contribution in [3.05, 3.63) is 23.8 Å². The van der Waals surface area contributed by atoms with E-state index in [9.17, 15) is 5.11 Å². The van der Waals surface area contributed by atoms with Crippen molar-refractivity contribution in [1.82, 2.24) is 4.90 Å². The first-order chi connectivity index (χ1) is 15.4. The van der Waals surface area contributed by atoms with Crippen molar-refractivity contribution in [3.63, 3.8) is 0 Å². The first-order valence-electron chi connectivity index (χ1n) is 11.8. The number of aliphatic hydroxyl groups excluding tert-OH is 1. The smallest absolute Gasteiger partial charge is 0.161 e. The second-order valence-electron chi connectivity index (χ2n) is 9.26. The maximum Gasteiger partial charge on any atom is 0.161 e. The van der Waals surface area contributed by atoms with Gasteiger partial charge >= 0.3 is 0 Å². The summed E-state index contributed by atoms with van der Waals surface area (Å²) in [5, 5.41) is 10.7. The highest BCUT2D eigenvalue weighted by Crippen LogP contribution is 2.31. The van der Waals surface area contributed by atoms with Gasteiger partial charge in [-0.2, -0.15) is 0 Å². The average molecular weight is 453 g/mol. The van der Waals surface area contributed by atoms with Gasteiger partial charge in [-0.3, -0.25) is 4.90 Å². The van der Waals surface area contributed by atoms with Gasteiger partial charge < -0.3 is 29.8 Å². The van der Waals surface area contributed by atoms with Crippen LogP contribution in [0.1, 0.15) is 38.7 Å². The molecule has 0 amide bonds. The normalized spacial score (nSPS) is 19.8. The van der Waals surface area contributed by atoms with Crippen LogP contribution in [-0.2, 0) is 15.9 Å². The summed E-state index contributed by atoms with van der Waals surface area (Å²) >= 11 is 0. The summed E-state index contributed by atoms with van der Waals surface area (Å²) in [4.78, 5) is 2.25. The molecule has 0 bridgehead atoms. The van der Waals surface area contributed by atoms with Crippen molar-refractivity contribution in [2.75, 3.05) is 54.2 Å². The fourth-order valence-electron chi connectivity index (χ4n) is 4.30. The van der Waals surface area contributed by atoms with Crippen molar-refractivity contribution in [1.29, 1.82) is 0 Å². The molecule has 7 heteroatoms. The molecule has 1 aliphatic heterocycles. The van der Waals surface area contributed by atoms with Gasteiger partial charge in [-0.25, -0.2) is 0 Å². The predicted octanol–water partition coefficient (Wildman–Crippen LogP) is 2.72. The quantitative estimate of drug-likeness (QED) is 0.396. The van der Waals surface area contributed by atoms with Gasteiger partial charge in [-0.05, 0) is 48.8 Å². The van der Waals surface area contributed by atoms with E-state index in [0.717, 1.165) is 50.3 Å². The number of aliphatic hydroxyl groups is 1. The highest BCUT2D eigenvalue weighted by atomic mass is 16.5. The van der Waals surface area contributed by atoms with Crippen molar-refractivity contribution >= 4 is 0 Å². The number of nitrogens with two attached hydrogens (primary N) is 1. The summed E-state index contributed by atoms with van der Waals surface area (Å²) in [6.45, 7) is 8.12. The Kier molecular flexibility index (Phi) is 11.8. The zero-order chi connectivity index (χ0) is 23.5. The van der Waals surface area contributed by atoms with Crippen LogP contribution in [-0.4, -0.2) is 82.4 Å². The number of benzene rings is 1. The molecule has 1 aromatic rings. The summed E-state index contributed by atoms with van der Waals surface area (Å²) in [5.41, 5.74) is 7.65. The summed E-state index contributed by atoms with van der Waals surface area (Å²) in [5.74, 6) is 2.31. The van der Waals surface area contributed by atoms with Gasteiger partial charge in [0.2, 0.25) is 0 Å². The fourth-order valence-corrected chi connectivity index (χ4v) is 4.30. The highest BCUT2D eigenvalue weighted by Gasteiger charge is 2.28. The fraction of sp³-hybridized carbons (Fsp3) is 0.760. The minimum absolute atomic E-state index is 0.257. The Labute approximate surface area is 194 Å². The van der Waals surface area contributed by atoms with E-state index in [0.29, 0.717) is 31.6 Å². The molecule has 7 nitrogen and oxygen atoms in total. The molecule has 0 aliphatic carbocycles. The Bertz CT molecular complexity index is 657. The van der Waals surface area contributed by atoms with Gasteiger partial charge in [-0.1, -0.05) is 19.9 Å². The van der Waals surface area contributed by atoms with Crippen molar-refractivity contribution < 1.29 is 24.1 Å². The van der Waals surface area contributed by atoms with Crippen LogP contribution in [0.15, 0.2) is 18.2 Å². The molecule has 32 heavy (non-hydrogen) atoms. The number of hydrogen-bond acceptors (Lipinski definition) is 7. The minimum Gasteiger partial charge on any atom is -0.493 e. The number of likely N-dealkylation sites (tertiary alicyclic amines) is 1. The largest absolute Gasteiger partial charge is 0.493 e. The molecule has 1 fully saturated rings. The standard InChI is InChI=1S/C25H44N2O5/c1-18(2)20(15-22(26)23(28)17-27-10-9-21(16-27)30-4)13-19-7-8-24(31-5)25(14-19)32-12-6-11-29-3/h7-8,14,18,20-23,28H,6,9-13,15-17,26H2,1-5H3/t20-,21+,22-,23-/m0/s1. The molecule has 184 valence electrons. The second-order valence-corrected chi connectivity index (χ2v) is 9.26. The predicted molar refractivity (Wildman–Crippen MR) is 127 cm³/mol. The zero-order valence-corrected chi connectivity index (χ0v) is 20.6. The molecule has 4 atom stereocenters. The third-order valence-electron chi connectivity index (χ3n) is 6.50. The van der Waals surface area contributed by atoms with Gasteiger partial charge in [0.25, 0.3) is 0 Å². The SMILES string of the molecule is COCCCOc1cc(C[C@@H](C[C@H](N)[C@@H](O)CN2CC[C@@H](OC)C2)C(C)C)ccc1OC. The van der Waals surface area contributed by atoms with Crippen molar-refractivity contribution in [2.45, 2.75) is 57.8 Å². The molecule has 0 spiro atoms. The Morgan fingerprint density at radius 3 is 2.56 bits per heavy atom. The number of ether oxygens (including phenoxy) is 4. The molecule has 1 aliphatic rings. The Balaban J connectivity index is 1.95. The summed E-state index contributed by atoms with van der Waals surface area (Å²) in [7, 11) is 5.10. The lowest BCUT2D eigenvalue weighted by atomic mass is 9.83. The molecule has 1 heterocycles. The lowest BCUT2D eigenvalue weighted by Gasteiger charge is -2.29. The van der Waals surface area contributed by atoms with Crippen LogP contribution in [0.2, 0.25) is 0 Å². The first kappa shape index (κ1) is 26.9. The molecular weight excluding hydrogens is 408 g/mol. The molecule has 2 rings (SSSR count). The third kappa shape index (κ3) is 8.52. The van der Waals surface area contributed by atoms with Crippen LogP contribution < -0.4 is 15.2 Å². The van der Waals surface area contributed by atoms with Crippen LogP contribution in [0.5, 0.6) is 11.5 Å². The van der Waals surface area contributed by atoms with Gasteiger partial charge in [0.15, 0.2) is 11.5 Å². The van der Waals surface area contributed by atoms with Crippen molar-refractivity contribution in [3.8, 4) is 11.5 Å². The Morgan fingerprint density at radius 1 is 1.16 bits per heavy atom. The van der Waals surface area contributed by atoms with Gasteiger partial charge in [-0.15, -0.1) is 0 Å². The lowest BCUT2D eigenvalue weighted by Crippen LogP contribution is -2.44. The summed E-state index contributed by atoms with van der Waals surface area (Å²) < 4.78 is 21.9. The monoisotopic (exact) mass is 452 g/mol. The molecular formula is C25H44N2O5. The summed E-state index contributed by atoms with van der Waals surface area (Å²) in [6, 6.07) is 5.87. The van der Waals surface area contributed by atoms with Crippen LogP contribution >= 0.6 is 0 Å². The lowest BCUT2D eigenvalue weighted by molar-refractivity contribution is 0.0727. The first-order valence-corrected chi connectivity index (χ1v) is 11.8. The molecule has 0 aromatic heterocycles. The maximum atomic E-state index is 10.7. The maximum absolute atomic E-state index is 10.7. The van der Waals surface area contributed by atoms with E-state index in [1.54, 1.807) is 21.3 Å². The topological polar surface area (TPSA) is 86.4 Å². The van der Waals surface area contributed by atoms with E-state index in [2.05, 4.69) is 30.9 Å². The minimum atomic E-state index is -0.539. The molecule has 3 N–H and O–H groups in total. The Hall–Kier alpha value is -1.38. The van der Waals surface area contributed by atoms with Crippen molar-refractivity contribution in [2.24, 2.45) is 17.6 Å². The molecule has 1 aromatic carbocycles. The second kappa shape index (κ2) is 14.0. The molecule has 1 saturated heterocycles. The molecule has 0 radical (unpaired) electrons. The van der Waals surface area contributed by atoms with E-state index in [4.69, 9.17) is 24.7 Å². The number of β-amino-alcohol motifs (C(OH)–C–C–N with tert-alkyl or cyclic N) is 1. The van der Waals surface area contributed by atoms with E-state index < -0.39 is 6.10 Å². The molecule has 0 unspecified atom stereocenters. The Morgan fingerprint density at radius 2 is 1.94 bits per heavy atom. The van der Waals surface area contributed by atoms with E-state index in [1.165, 1.54) is 5.56 Å². The highest BCUT2D eigenvalue weighted by molar-refractivity contribution is 5.43. The van der Waals surface area contributed by atoms with E-state index >= 15 is 0 Å². The zero-order valence-electron chi connectivity index (χ0n) is 20.6. The summed E-state index contributed by atoms with van der Waals surface area (Å²) in [6.07, 6.45) is 3.22. The average Bonchev–Trinajstić information content (AvgIpc) is 3.23. The number of methoxy groups -OCH3 is 3. The van der Waals surface area contributed by atoms with Crippen LogP contribution in [0.25, 0.3) is 0 Å². The van der Waals surface area contributed by atoms with Gasteiger partial charge in [0, 0.05) is 52.9 Å². The van der Waals surface area contributed by atoms with Gasteiger partial charge in [0.1, 0.15) is 0 Å².